The van der Waals surface area contributed by atoms with Gasteiger partial charge in [0.2, 0.25) is 11.8 Å². The van der Waals surface area contributed by atoms with Gasteiger partial charge in [-0.3, -0.25) is 9.59 Å². The zero-order valence-electron chi connectivity index (χ0n) is 12.1. The molecule has 0 aromatic carbocycles. The largest absolute Gasteiger partial charge is 0.332 e. The first kappa shape index (κ1) is 15.0. The minimum Gasteiger partial charge on any atom is -0.332 e. The summed E-state index contributed by atoms with van der Waals surface area (Å²) < 4.78 is 0. The highest BCUT2D eigenvalue weighted by Crippen LogP contribution is 2.22. The molecule has 0 aromatic rings. The molecule has 1 fully saturated rings. The van der Waals surface area contributed by atoms with Crippen LogP contribution in [0.3, 0.4) is 0 Å². The maximum atomic E-state index is 12.3. The van der Waals surface area contributed by atoms with Gasteiger partial charge in [0.25, 0.3) is 0 Å². The lowest BCUT2D eigenvalue weighted by Crippen LogP contribution is -2.62. The molecule has 104 valence electrons. The summed E-state index contributed by atoms with van der Waals surface area (Å²) >= 11 is 0. The number of piperazine rings is 1. The third-order valence-corrected chi connectivity index (χ3v) is 3.86. The van der Waals surface area contributed by atoms with Crippen LogP contribution in [0.1, 0.15) is 52.4 Å². The van der Waals surface area contributed by atoms with Gasteiger partial charge in [0.15, 0.2) is 0 Å². The second kappa shape index (κ2) is 6.76. The Hall–Kier alpha value is -1.06. The summed E-state index contributed by atoms with van der Waals surface area (Å²) in [6.45, 7) is 4.20. The molecule has 1 rings (SSSR count). The number of nitrogens with zero attached hydrogens (tertiary/aromatic N) is 2. The van der Waals surface area contributed by atoms with Crippen molar-refractivity contribution in [1.82, 2.24) is 9.80 Å². The molecule has 2 unspecified atom stereocenters. The number of carbonyl (C=O) groups excluding carboxylic acids is 2. The van der Waals surface area contributed by atoms with Crippen LogP contribution in [-0.2, 0) is 9.59 Å². The van der Waals surface area contributed by atoms with Crippen molar-refractivity contribution in [2.45, 2.75) is 64.5 Å². The van der Waals surface area contributed by atoms with E-state index in [2.05, 4.69) is 13.8 Å². The van der Waals surface area contributed by atoms with Crippen molar-refractivity contribution in [2.24, 2.45) is 0 Å². The zero-order chi connectivity index (χ0) is 13.7. The molecule has 1 aliphatic heterocycles. The summed E-state index contributed by atoms with van der Waals surface area (Å²) in [7, 11) is 3.54. The predicted octanol–water partition coefficient (Wildman–Crippen LogP) is 2.03. The minimum absolute atomic E-state index is 0.103. The Morgan fingerprint density at radius 2 is 1.17 bits per heavy atom. The lowest BCUT2D eigenvalue weighted by molar-refractivity contribution is -0.159. The highest BCUT2D eigenvalue weighted by Gasteiger charge is 2.41. The van der Waals surface area contributed by atoms with Crippen LogP contribution >= 0.6 is 0 Å². The normalized spacial score (nSPS) is 24.9. The van der Waals surface area contributed by atoms with Crippen LogP contribution in [0.15, 0.2) is 0 Å². The van der Waals surface area contributed by atoms with E-state index in [1.807, 2.05) is 0 Å². The maximum absolute atomic E-state index is 12.3. The SMILES string of the molecule is CCCCC1C(=O)N(C)C(CCCC)C(=O)N1C. The molecule has 18 heavy (non-hydrogen) atoms. The second-order valence-corrected chi connectivity index (χ2v) is 5.21. The summed E-state index contributed by atoms with van der Waals surface area (Å²) in [5, 5.41) is 0. The average Bonchev–Trinajstić information content (AvgIpc) is 2.37. The Labute approximate surface area is 110 Å². The van der Waals surface area contributed by atoms with E-state index >= 15 is 0 Å². The van der Waals surface area contributed by atoms with Crippen LogP contribution in [0.5, 0.6) is 0 Å². The van der Waals surface area contributed by atoms with Crippen molar-refractivity contribution in [3.63, 3.8) is 0 Å². The van der Waals surface area contributed by atoms with Crippen molar-refractivity contribution in [2.75, 3.05) is 14.1 Å². The summed E-state index contributed by atoms with van der Waals surface area (Å²) in [4.78, 5) is 27.9. The molecule has 0 bridgehead atoms. The molecule has 0 spiro atoms. The predicted molar refractivity (Wildman–Crippen MR) is 72.2 cm³/mol. The molecule has 4 heteroatoms. The minimum atomic E-state index is -0.250. The molecule has 0 saturated carbocycles. The molecule has 0 N–H and O–H groups in total. The highest BCUT2D eigenvalue weighted by molar-refractivity contribution is 5.96. The number of hydrogen-bond acceptors (Lipinski definition) is 2. The third-order valence-electron chi connectivity index (χ3n) is 3.86. The summed E-state index contributed by atoms with van der Waals surface area (Å²) in [6, 6.07) is -0.499. The lowest BCUT2D eigenvalue weighted by atomic mass is 9.98. The molecule has 2 amide bonds. The van der Waals surface area contributed by atoms with Crippen molar-refractivity contribution in [3.8, 4) is 0 Å². The summed E-state index contributed by atoms with van der Waals surface area (Å²) in [6.07, 6.45) is 5.64. The van der Waals surface area contributed by atoms with Gasteiger partial charge in [-0.1, -0.05) is 39.5 Å². The molecule has 1 saturated heterocycles. The number of amides is 2. The molecular formula is C14H26N2O2. The van der Waals surface area contributed by atoms with Crippen molar-refractivity contribution in [3.05, 3.63) is 0 Å². The van der Waals surface area contributed by atoms with E-state index in [0.717, 1.165) is 38.5 Å². The summed E-state index contributed by atoms with van der Waals surface area (Å²) in [5.41, 5.74) is 0. The smallest absolute Gasteiger partial charge is 0.245 e. The molecule has 0 aromatic heterocycles. The molecule has 2 atom stereocenters. The number of unbranched alkanes of at least 4 members (excludes halogenated alkanes) is 2. The molecule has 4 nitrogen and oxygen atoms in total. The van der Waals surface area contributed by atoms with E-state index in [1.54, 1.807) is 23.9 Å². The fourth-order valence-electron chi connectivity index (χ4n) is 2.54. The van der Waals surface area contributed by atoms with Gasteiger partial charge in [0.05, 0.1) is 0 Å². The van der Waals surface area contributed by atoms with Gasteiger partial charge in [0, 0.05) is 14.1 Å². The van der Waals surface area contributed by atoms with Gasteiger partial charge in [-0.05, 0) is 12.8 Å². The van der Waals surface area contributed by atoms with Crippen molar-refractivity contribution >= 4 is 11.8 Å². The summed E-state index contributed by atoms with van der Waals surface area (Å²) in [5.74, 6) is 0.207. The van der Waals surface area contributed by atoms with Crippen molar-refractivity contribution in [1.29, 1.82) is 0 Å². The van der Waals surface area contributed by atoms with Gasteiger partial charge in [0.1, 0.15) is 12.1 Å². The van der Waals surface area contributed by atoms with E-state index in [4.69, 9.17) is 0 Å². The molecular weight excluding hydrogens is 228 g/mol. The van der Waals surface area contributed by atoms with E-state index < -0.39 is 0 Å². The fraction of sp³-hybridized carbons (Fsp3) is 0.857. The van der Waals surface area contributed by atoms with E-state index in [1.165, 1.54) is 0 Å². The topological polar surface area (TPSA) is 40.6 Å². The van der Waals surface area contributed by atoms with Crippen LogP contribution in [0.25, 0.3) is 0 Å². The number of carbonyl (C=O) groups is 2. The number of hydrogen-bond donors (Lipinski definition) is 0. The molecule has 1 heterocycles. The van der Waals surface area contributed by atoms with Crippen LogP contribution in [0.2, 0.25) is 0 Å². The van der Waals surface area contributed by atoms with Gasteiger partial charge in [-0.15, -0.1) is 0 Å². The lowest BCUT2D eigenvalue weighted by Gasteiger charge is -2.42. The second-order valence-electron chi connectivity index (χ2n) is 5.21. The molecule has 0 radical (unpaired) electrons. The Morgan fingerprint density at radius 3 is 1.44 bits per heavy atom. The van der Waals surface area contributed by atoms with Crippen LogP contribution in [-0.4, -0.2) is 47.8 Å². The standard InChI is InChI=1S/C14H26N2O2/c1-5-7-9-11-13(17)16(4)12(10-8-6-2)14(18)15(11)3/h11-12H,5-10H2,1-4H3. The first-order valence-corrected chi connectivity index (χ1v) is 7.07. The Morgan fingerprint density at radius 1 is 0.833 bits per heavy atom. The van der Waals surface area contributed by atoms with Crippen molar-refractivity contribution < 1.29 is 9.59 Å². The van der Waals surface area contributed by atoms with Gasteiger partial charge in [-0.2, -0.15) is 0 Å². The number of likely N-dealkylation sites (N-methyl/N-ethyl adjacent to an activating group) is 2. The van der Waals surface area contributed by atoms with Gasteiger partial charge < -0.3 is 9.80 Å². The van der Waals surface area contributed by atoms with E-state index in [9.17, 15) is 9.59 Å². The molecule has 0 aliphatic carbocycles. The average molecular weight is 254 g/mol. The highest BCUT2D eigenvalue weighted by atomic mass is 16.2. The van der Waals surface area contributed by atoms with Crippen LogP contribution < -0.4 is 0 Å². The maximum Gasteiger partial charge on any atom is 0.245 e. The Bertz CT molecular complexity index is 274. The van der Waals surface area contributed by atoms with E-state index in [0.29, 0.717) is 0 Å². The fourth-order valence-corrected chi connectivity index (χ4v) is 2.54. The van der Waals surface area contributed by atoms with Gasteiger partial charge >= 0.3 is 0 Å². The molecule has 1 aliphatic rings. The Kier molecular flexibility index (Phi) is 5.63. The Balaban J connectivity index is 2.75. The first-order chi connectivity index (χ1) is 8.54. The van der Waals surface area contributed by atoms with Crippen LogP contribution in [0.4, 0.5) is 0 Å². The monoisotopic (exact) mass is 254 g/mol. The van der Waals surface area contributed by atoms with Crippen LogP contribution in [0, 0.1) is 0 Å². The van der Waals surface area contributed by atoms with Gasteiger partial charge in [-0.25, -0.2) is 0 Å². The number of rotatable bonds is 6. The third kappa shape index (κ3) is 3.03. The zero-order valence-corrected chi connectivity index (χ0v) is 12.1. The first-order valence-electron chi connectivity index (χ1n) is 7.07. The van der Waals surface area contributed by atoms with E-state index in [-0.39, 0.29) is 23.9 Å². The quantitative estimate of drug-likeness (QED) is 0.727.